The van der Waals surface area contributed by atoms with Crippen LogP contribution in [0.25, 0.3) is 10.9 Å². The van der Waals surface area contributed by atoms with Gasteiger partial charge in [0.15, 0.2) is 5.11 Å². The number of aryl methyl sites for hydroxylation is 1. The van der Waals surface area contributed by atoms with Gasteiger partial charge in [-0.25, -0.2) is 0 Å². The zero-order valence-electron chi connectivity index (χ0n) is 17.3. The Morgan fingerprint density at radius 3 is 2.71 bits per heavy atom. The topological polar surface area (TPSA) is 53.4 Å². The lowest BCUT2D eigenvalue weighted by molar-refractivity contribution is 0.347. The van der Waals surface area contributed by atoms with Crippen LogP contribution in [-0.4, -0.2) is 34.2 Å². The van der Waals surface area contributed by atoms with Gasteiger partial charge in [-0.15, -0.1) is 0 Å². The van der Waals surface area contributed by atoms with E-state index in [1.165, 1.54) is 16.6 Å². The number of furan rings is 1. The van der Waals surface area contributed by atoms with Crippen molar-refractivity contribution in [1.82, 2.24) is 15.2 Å². The summed E-state index contributed by atoms with van der Waals surface area (Å²) in [6.07, 6.45) is 2.56. The quantitative estimate of drug-likeness (QED) is 0.584. The van der Waals surface area contributed by atoms with Gasteiger partial charge in [-0.2, -0.15) is 0 Å². The van der Waals surface area contributed by atoms with Crippen LogP contribution in [0.15, 0.2) is 41.0 Å². The van der Waals surface area contributed by atoms with Crippen molar-refractivity contribution >= 4 is 28.2 Å². The molecule has 0 fully saturated rings. The third kappa shape index (κ3) is 4.87. The lowest BCUT2D eigenvalue weighted by Gasteiger charge is -2.30. The number of fused-ring (bicyclic) bond motifs is 1. The van der Waals surface area contributed by atoms with Gasteiger partial charge >= 0.3 is 0 Å². The van der Waals surface area contributed by atoms with Gasteiger partial charge in [0, 0.05) is 28.7 Å². The fourth-order valence-corrected chi connectivity index (χ4v) is 3.76. The average Bonchev–Trinajstić information content (AvgIpc) is 3.23. The summed E-state index contributed by atoms with van der Waals surface area (Å²) >= 11 is 5.71. The number of benzene rings is 1. The summed E-state index contributed by atoms with van der Waals surface area (Å²) < 4.78 is 11.0. The minimum atomic E-state index is -0.0947. The molecule has 0 unspecified atom stereocenters. The standard InChI is InChI=1S/C22H29N3O2S/c1-15-18(19-13-16(26-5)8-9-20(19)23-15)10-11-25(14-17-7-6-12-27-17)21(28)24-22(2,3)4/h6-9,12-13,23H,10-11,14H2,1-5H3,(H,24,28). The van der Waals surface area contributed by atoms with Crippen LogP contribution in [0.4, 0.5) is 0 Å². The van der Waals surface area contributed by atoms with Crippen molar-refractivity contribution < 1.29 is 9.15 Å². The Morgan fingerprint density at radius 1 is 1.29 bits per heavy atom. The van der Waals surface area contributed by atoms with Crippen LogP contribution < -0.4 is 10.1 Å². The molecule has 0 saturated heterocycles. The van der Waals surface area contributed by atoms with E-state index in [1.54, 1.807) is 13.4 Å². The first-order chi connectivity index (χ1) is 13.3. The minimum Gasteiger partial charge on any atom is -0.497 e. The van der Waals surface area contributed by atoms with Gasteiger partial charge in [-0.05, 0) is 82.2 Å². The maximum absolute atomic E-state index is 5.71. The van der Waals surface area contributed by atoms with Gasteiger partial charge in [0.1, 0.15) is 11.5 Å². The molecule has 1 aromatic carbocycles. The molecule has 5 nitrogen and oxygen atoms in total. The van der Waals surface area contributed by atoms with Crippen LogP contribution in [0, 0.1) is 6.92 Å². The van der Waals surface area contributed by atoms with E-state index in [0.717, 1.165) is 35.1 Å². The van der Waals surface area contributed by atoms with Gasteiger partial charge in [0.25, 0.3) is 0 Å². The smallest absolute Gasteiger partial charge is 0.169 e. The molecule has 0 aliphatic heterocycles. The lowest BCUT2D eigenvalue weighted by atomic mass is 10.1. The molecule has 6 heteroatoms. The molecule has 0 amide bonds. The van der Waals surface area contributed by atoms with Crippen LogP contribution in [0.2, 0.25) is 0 Å². The molecule has 0 bridgehead atoms. The highest BCUT2D eigenvalue weighted by atomic mass is 32.1. The van der Waals surface area contributed by atoms with E-state index in [1.807, 2.05) is 18.2 Å². The van der Waals surface area contributed by atoms with Crippen LogP contribution in [0.5, 0.6) is 5.75 Å². The highest BCUT2D eigenvalue weighted by Crippen LogP contribution is 2.27. The van der Waals surface area contributed by atoms with Crippen LogP contribution in [-0.2, 0) is 13.0 Å². The number of hydrogen-bond acceptors (Lipinski definition) is 3. The van der Waals surface area contributed by atoms with E-state index in [0.29, 0.717) is 6.54 Å². The van der Waals surface area contributed by atoms with E-state index in [-0.39, 0.29) is 5.54 Å². The first-order valence-corrected chi connectivity index (χ1v) is 9.92. The second kappa shape index (κ2) is 8.27. The van der Waals surface area contributed by atoms with E-state index >= 15 is 0 Å². The summed E-state index contributed by atoms with van der Waals surface area (Å²) in [5, 5.41) is 5.35. The van der Waals surface area contributed by atoms with Crippen molar-refractivity contribution in [3.8, 4) is 5.75 Å². The number of rotatable bonds is 6. The highest BCUT2D eigenvalue weighted by Gasteiger charge is 2.19. The number of methoxy groups -OCH3 is 1. The Labute approximate surface area is 172 Å². The largest absolute Gasteiger partial charge is 0.497 e. The van der Waals surface area contributed by atoms with Crippen molar-refractivity contribution in [2.24, 2.45) is 0 Å². The Morgan fingerprint density at radius 2 is 2.07 bits per heavy atom. The third-order valence-electron chi connectivity index (χ3n) is 4.65. The van der Waals surface area contributed by atoms with E-state index in [2.05, 4.69) is 55.0 Å². The lowest BCUT2D eigenvalue weighted by Crippen LogP contribution is -2.48. The minimum absolute atomic E-state index is 0.0947. The van der Waals surface area contributed by atoms with Crippen LogP contribution in [0.1, 0.15) is 37.8 Å². The first-order valence-electron chi connectivity index (χ1n) is 9.51. The molecule has 0 atom stereocenters. The van der Waals surface area contributed by atoms with Gasteiger partial charge in [0.05, 0.1) is 19.9 Å². The number of nitrogens with one attached hydrogen (secondary N) is 2. The summed E-state index contributed by atoms with van der Waals surface area (Å²) in [6.45, 7) is 9.87. The number of hydrogen-bond donors (Lipinski definition) is 2. The Bertz CT molecular complexity index is 939. The summed E-state index contributed by atoms with van der Waals surface area (Å²) in [4.78, 5) is 5.64. The molecule has 0 aliphatic rings. The third-order valence-corrected chi connectivity index (χ3v) is 5.01. The molecule has 2 heterocycles. The molecule has 2 aromatic heterocycles. The number of ether oxygens (including phenoxy) is 1. The molecular formula is C22H29N3O2S. The second-order valence-electron chi connectivity index (χ2n) is 8.07. The Hall–Kier alpha value is -2.47. The fraction of sp³-hybridized carbons (Fsp3) is 0.409. The van der Waals surface area contributed by atoms with Gasteiger partial charge in [-0.3, -0.25) is 0 Å². The predicted octanol–water partition coefficient (Wildman–Crippen LogP) is 4.80. The highest BCUT2D eigenvalue weighted by molar-refractivity contribution is 7.80. The Balaban J connectivity index is 1.82. The van der Waals surface area contributed by atoms with Gasteiger partial charge in [0.2, 0.25) is 0 Å². The zero-order chi connectivity index (χ0) is 20.3. The SMILES string of the molecule is COc1ccc2[nH]c(C)c(CCN(Cc3ccco3)C(=S)NC(C)(C)C)c2c1. The number of H-pyrrole nitrogens is 1. The number of thiocarbonyl (C=S) groups is 1. The molecule has 2 N–H and O–H groups in total. The second-order valence-corrected chi connectivity index (χ2v) is 8.46. The molecular weight excluding hydrogens is 370 g/mol. The summed E-state index contributed by atoms with van der Waals surface area (Å²) in [5.41, 5.74) is 3.50. The van der Waals surface area contributed by atoms with Crippen molar-refractivity contribution in [3.05, 3.63) is 53.6 Å². The van der Waals surface area contributed by atoms with E-state index in [9.17, 15) is 0 Å². The monoisotopic (exact) mass is 399 g/mol. The molecule has 0 saturated carbocycles. The maximum Gasteiger partial charge on any atom is 0.169 e. The molecule has 28 heavy (non-hydrogen) atoms. The number of aromatic nitrogens is 1. The fourth-order valence-electron chi connectivity index (χ4n) is 3.30. The van der Waals surface area contributed by atoms with Crippen LogP contribution in [0.3, 0.4) is 0 Å². The van der Waals surface area contributed by atoms with Gasteiger partial charge < -0.3 is 24.4 Å². The summed E-state index contributed by atoms with van der Waals surface area (Å²) in [6, 6.07) is 10.0. The molecule has 0 aliphatic carbocycles. The first kappa shape index (κ1) is 20.3. The van der Waals surface area contributed by atoms with Crippen molar-refractivity contribution in [3.63, 3.8) is 0 Å². The Kier molecular flexibility index (Phi) is 5.98. The summed E-state index contributed by atoms with van der Waals surface area (Å²) in [7, 11) is 1.70. The summed E-state index contributed by atoms with van der Waals surface area (Å²) in [5.74, 6) is 1.76. The number of aromatic amines is 1. The number of nitrogens with zero attached hydrogens (tertiary/aromatic N) is 1. The van der Waals surface area contributed by atoms with Crippen molar-refractivity contribution in [1.29, 1.82) is 0 Å². The average molecular weight is 400 g/mol. The van der Waals surface area contributed by atoms with Crippen LogP contribution >= 0.6 is 12.2 Å². The van der Waals surface area contributed by atoms with E-state index < -0.39 is 0 Å². The molecule has 0 spiro atoms. The molecule has 3 aromatic rings. The molecule has 150 valence electrons. The van der Waals surface area contributed by atoms with Crippen molar-refractivity contribution in [2.75, 3.05) is 13.7 Å². The maximum atomic E-state index is 5.71. The normalized spacial score (nSPS) is 11.6. The molecule has 0 radical (unpaired) electrons. The predicted molar refractivity (Wildman–Crippen MR) is 118 cm³/mol. The van der Waals surface area contributed by atoms with Crippen molar-refractivity contribution in [2.45, 2.75) is 46.2 Å². The molecule has 3 rings (SSSR count). The zero-order valence-corrected chi connectivity index (χ0v) is 18.1. The van der Waals surface area contributed by atoms with Gasteiger partial charge in [-0.1, -0.05) is 0 Å². The van der Waals surface area contributed by atoms with E-state index in [4.69, 9.17) is 21.4 Å².